The van der Waals surface area contributed by atoms with Gasteiger partial charge in [-0.3, -0.25) is 14.4 Å². The molecule has 0 heterocycles. The Labute approximate surface area is 120 Å². The third-order valence-corrected chi connectivity index (χ3v) is 2.81. The maximum absolute atomic E-state index is 12.1. The van der Waals surface area contributed by atoms with Crippen LogP contribution < -0.4 is 10.6 Å². The van der Waals surface area contributed by atoms with Gasteiger partial charge in [0.2, 0.25) is 11.8 Å². The van der Waals surface area contributed by atoms with Crippen molar-refractivity contribution in [3.8, 4) is 0 Å². The summed E-state index contributed by atoms with van der Waals surface area (Å²) in [6.45, 7) is 4.27. The van der Waals surface area contributed by atoms with E-state index in [1.807, 2.05) is 13.8 Å². The fourth-order valence-corrected chi connectivity index (χ4v) is 1.84. The highest BCUT2D eigenvalue weighted by Crippen LogP contribution is 2.06. The highest BCUT2D eigenvalue weighted by atomic mass is 16.5. The number of nitrogens with zero attached hydrogens (tertiary/aromatic N) is 1. The van der Waals surface area contributed by atoms with Crippen molar-refractivity contribution in [2.45, 2.75) is 32.7 Å². The van der Waals surface area contributed by atoms with Crippen LogP contribution in [0.1, 0.15) is 26.7 Å². The van der Waals surface area contributed by atoms with E-state index >= 15 is 0 Å². The smallest absolute Gasteiger partial charge is 0.325 e. The summed E-state index contributed by atoms with van der Waals surface area (Å²) >= 11 is 0. The second kappa shape index (κ2) is 10.2. The zero-order valence-electron chi connectivity index (χ0n) is 12.7. The van der Waals surface area contributed by atoms with E-state index in [1.54, 1.807) is 11.9 Å². The first-order valence-corrected chi connectivity index (χ1v) is 6.80. The number of esters is 1. The molecule has 0 aromatic heterocycles. The summed E-state index contributed by atoms with van der Waals surface area (Å²) in [5, 5.41) is 5.28. The average Bonchev–Trinajstić information content (AvgIpc) is 2.44. The first-order chi connectivity index (χ1) is 9.51. The molecule has 1 unspecified atom stereocenters. The number of nitrogens with one attached hydrogen (secondary N) is 2. The highest BCUT2D eigenvalue weighted by molar-refractivity contribution is 5.90. The summed E-state index contributed by atoms with van der Waals surface area (Å²) in [5.74, 6) is -0.984. The number of hydrogen-bond acceptors (Lipinski definition) is 5. The number of methoxy groups -OCH3 is 1. The van der Waals surface area contributed by atoms with E-state index in [0.717, 1.165) is 6.42 Å². The maximum Gasteiger partial charge on any atom is 0.325 e. The standard InChI is InChI=1S/C13H25N3O4/c1-5-7-16(11(17)8-14-3)10(6-2)13(19)15-9-12(18)20-4/h10,14H,5-9H2,1-4H3,(H,15,19). The number of amides is 2. The number of rotatable bonds is 9. The molecule has 0 aliphatic heterocycles. The van der Waals surface area contributed by atoms with Crippen LogP contribution in [0, 0.1) is 0 Å². The minimum atomic E-state index is -0.569. The summed E-state index contributed by atoms with van der Waals surface area (Å²) in [5.41, 5.74) is 0. The first kappa shape index (κ1) is 18.4. The van der Waals surface area contributed by atoms with Gasteiger partial charge in [0.15, 0.2) is 0 Å². The Hall–Kier alpha value is -1.63. The summed E-state index contributed by atoms with van der Waals surface area (Å²) in [6, 6.07) is -0.569. The lowest BCUT2D eigenvalue weighted by Gasteiger charge is -2.30. The van der Waals surface area contributed by atoms with Crippen LogP contribution in [0.25, 0.3) is 0 Å². The number of ether oxygens (including phenoxy) is 1. The van der Waals surface area contributed by atoms with Crippen LogP contribution in [0.15, 0.2) is 0 Å². The third kappa shape index (κ3) is 6.01. The monoisotopic (exact) mass is 287 g/mol. The van der Waals surface area contributed by atoms with E-state index in [2.05, 4.69) is 15.4 Å². The van der Waals surface area contributed by atoms with Crippen molar-refractivity contribution >= 4 is 17.8 Å². The Morgan fingerprint density at radius 1 is 1.20 bits per heavy atom. The quantitative estimate of drug-likeness (QED) is 0.559. The normalized spacial score (nSPS) is 11.6. The van der Waals surface area contributed by atoms with E-state index in [0.29, 0.717) is 13.0 Å². The van der Waals surface area contributed by atoms with E-state index in [9.17, 15) is 14.4 Å². The molecule has 0 saturated heterocycles. The number of likely N-dealkylation sites (N-methyl/N-ethyl adjacent to an activating group) is 1. The molecule has 0 fully saturated rings. The molecule has 0 radical (unpaired) electrons. The minimum absolute atomic E-state index is 0.130. The molecule has 7 heteroatoms. The van der Waals surface area contributed by atoms with Gasteiger partial charge in [-0.2, -0.15) is 0 Å². The molecular formula is C13H25N3O4. The largest absolute Gasteiger partial charge is 0.468 e. The van der Waals surface area contributed by atoms with Crippen molar-refractivity contribution in [3.05, 3.63) is 0 Å². The van der Waals surface area contributed by atoms with E-state index in [-0.39, 0.29) is 24.9 Å². The predicted molar refractivity (Wildman–Crippen MR) is 75.0 cm³/mol. The van der Waals surface area contributed by atoms with Gasteiger partial charge in [-0.15, -0.1) is 0 Å². The molecule has 0 saturated carbocycles. The molecule has 1 atom stereocenters. The summed E-state index contributed by atoms with van der Waals surface area (Å²) in [4.78, 5) is 36.7. The van der Waals surface area contributed by atoms with Crippen LogP contribution in [0.4, 0.5) is 0 Å². The molecular weight excluding hydrogens is 262 g/mol. The van der Waals surface area contributed by atoms with Crippen molar-refractivity contribution in [1.29, 1.82) is 0 Å². The zero-order chi connectivity index (χ0) is 15.5. The molecule has 20 heavy (non-hydrogen) atoms. The van der Waals surface area contributed by atoms with Crippen LogP contribution in [-0.4, -0.2) is 62.5 Å². The van der Waals surface area contributed by atoms with Gasteiger partial charge in [-0.05, 0) is 19.9 Å². The predicted octanol–water partition coefficient (Wildman–Crippen LogP) is -0.488. The molecule has 0 aromatic rings. The lowest BCUT2D eigenvalue weighted by molar-refractivity contribution is -0.143. The van der Waals surface area contributed by atoms with E-state index < -0.39 is 12.0 Å². The summed E-state index contributed by atoms with van der Waals surface area (Å²) in [7, 11) is 2.94. The van der Waals surface area contributed by atoms with Gasteiger partial charge in [0.05, 0.1) is 13.7 Å². The minimum Gasteiger partial charge on any atom is -0.468 e. The molecule has 0 aliphatic rings. The molecule has 0 rings (SSSR count). The van der Waals surface area contributed by atoms with E-state index in [4.69, 9.17) is 0 Å². The van der Waals surface area contributed by atoms with E-state index in [1.165, 1.54) is 7.11 Å². The Morgan fingerprint density at radius 2 is 1.85 bits per heavy atom. The van der Waals surface area contributed by atoms with Crippen molar-refractivity contribution in [2.75, 3.05) is 33.8 Å². The molecule has 0 aromatic carbocycles. The van der Waals surface area contributed by atoms with Crippen LogP contribution in [0.3, 0.4) is 0 Å². The maximum atomic E-state index is 12.1. The Bertz CT molecular complexity index is 334. The number of hydrogen-bond donors (Lipinski definition) is 2. The Morgan fingerprint density at radius 3 is 2.30 bits per heavy atom. The molecule has 0 bridgehead atoms. The number of carbonyl (C=O) groups excluding carboxylic acids is 3. The molecule has 2 amide bonds. The second-order valence-electron chi connectivity index (χ2n) is 4.34. The van der Waals surface area contributed by atoms with Crippen LogP contribution in [0.5, 0.6) is 0 Å². The zero-order valence-corrected chi connectivity index (χ0v) is 12.7. The molecule has 0 spiro atoms. The molecule has 0 aliphatic carbocycles. The SMILES string of the molecule is CCCN(C(=O)CNC)C(CC)C(=O)NCC(=O)OC. The van der Waals surface area contributed by atoms with Crippen LogP contribution in [0.2, 0.25) is 0 Å². The lowest BCUT2D eigenvalue weighted by Crippen LogP contribution is -2.52. The highest BCUT2D eigenvalue weighted by Gasteiger charge is 2.27. The van der Waals surface area contributed by atoms with Crippen molar-refractivity contribution < 1.29 is 19.1 Å². The molecule has 7 nitrogen and oxygen atoms in total. The molecule has 2 N–H and O–H groups in total. The van der Waals surface area contributed by atoms with Gasteiger partial charge >= 0.3 is 5.97 Å². The van der Waals surface area contributed by atoms with Gasteiger partial charge in [-0.1, -0.05) is 13.8 Å². The van der Waals surface area contributed by atoms with Gasteiger partial charge in [-0.25, -0.2) is 0 Å². The molecule has 116 valence electrons. The van der Waals surface area contributed by atoms with Gasteiger partial charge < -0.3 is 20.3 Å². The van der Waals surface area contributed by atoms with Gasteiger partial charge in [0.25, 0.3) is 0 Å². The first-order valence-electron chi connectivity index (χ1n) is 6.80. The van der Waals surface area contributed by atoms with Crippen molar-refractivity contribution in [2.24, 2.45) is 0 Å². The second-order valence-corrected chi connectivity index (χ2v) is 4.34. The lowest BCUT2D eigenvalue weighted by atomic mass is 10.1. The van der Waals surface area contributed by atoms with Crippen LogP contribution >= 0.6 is 0 Å². The van der Waals surface area contributed by atoms with Crippen molar-refractivity contribution in [3.63, 3.8) is 0 Å². The topological polar surface area (TPSA) is 87.7 Å². The fourth-order valence-electron chi connectivity index (χ4n) is 1.84. The summed E-state index contributed by atoms with van der Waals surface area (Å²) < 4.78 is 4.46. The van der Waals surface area contributed by atoms with Crippen molar-refractivity contribution in [1.82, 2.24) is 15.5 Å². The Balaban J connectivity index is 4.74. The third-order valence-electron chi connectivity index (χ3n) is 2.81. The van der Waals surface area contributed by atoms with Gasteiger partial charge in [0.1, 0.15) is 12.6 Å². The summed E-state index contributed by atoms with van der Waals surface area (Å²) in [6.07, 6.45) is 1.25. The fraction of sp³-hybridized carbons (Fsp3) is 0.769. The van der Waals surface area contributed by atoms with Crippen LogP contribution in [-0.2, 0) is 19.1 Å². The Kier molecular flexibility index (Phi) is 9.36. The average molecular weight is 287 g/mol. The van der Waals surface area contributed by atoms with Gasteiger partial charge in [0, 0.05) is 6.54 Å². The number of carbonyl (C=O) groups is 3.